The molecule has 0 aromatic heterocycles. The van der Waals surface area contributed by atoms with E-state index in [1.807, 2.05) is 0 Å². The summed E-state index contributed by atoms with van der Waals surface area (Å²) < 4.78 is 5.33. The van der Waals surface area contributed by atoms with Gasteiger partial charge in [0, 0.05) is 44.5 Å². The fourth-order valence-corrected chi connectivity index (χ4v) is 4.24. The summed E-state index contributed by atoms with van der Waals surface area (Å²) in [6, 6.07) is 0. The van der Waals surface area contributed by atoms with Gasteiger partial charge >= 0.3 is 0 Å². The van der Waals surface area contributed by atoms with Gasteiger partial charge in [-0.3, -0.25) is 0 Å². The van der Waals surface area contributed by atoms with E-state index in [0.29, 0.717) is 18.6 Å². The van der Waals surface area contributed by atoms with Crippen molar-refractivity contribution in [3.8, 4) is 0 Å². The number of rotatable bonds is 5. The summed E-state index contributed by atoms with van der Waals surface area (Å²) >= 11 is 3.69. The van der Waals surface area contributed by atoms with Crippen molar-refractivity contribution in [2.24, 2.45) is 5.41 Å². The Morgan fingerprint density at radius 2 is 1.72 bits per heavy atom. The highest BCUT2D eigenvalue weighted by molar-refractivity contribution is 9.09. The van der Waals surface area contributed by atoms with Gasteiger partial charge in [-0.05, 0) is 25.3 Å². The van der Waals surface area contributed by atoms with Crippen molar-refractivity contribution in [2.45, 2.75) is 44.1 Å². The second-order valence-electron chi connectivity index (χ2n) is 6.35. The maximum Gasteiger partial charge on any atom is 0.0817 e. The van der Waals surface area contributed by atoms with Crippen LogP contribution >= 0.6 is 15.9 Å². The Morgan fingerprint density at radius 1 is 1.11 bits per heavy atom. The standard InChI is InChI=1S/C14H26BrNO2/c1-16(11-13(10-15)4-2-3-5-13)12-14(17)6-8-18-9-7-14/h17H,2-12H2,1H3. The molecule has 1 saturated carbocycles. The highest BCUT2D eigenvalue weighted by Crippen LogP contribution is 2.40. The van der Waals surface area contributed by atoms with Gasteiger partial charge in [-0.25, -0.2) is 0 Å². The van der Waals surface area contributed by atoms with Gasteiger partial charge in [0.1, 0.15) is 0 Å². The molecule has 2 fully saturated rings. The van der Waals surface area contributed by atoms with Gasteiger partial charge < -0.3 is 14.7 Å². The van der Waals surface area contributed by atoms with Crippen LogP contribution in [0.3, 0.4) is 0 Å². The van der Waals surface area contributed by atoms with Crippen LogP contribution in [0.4, 0.5) is 0 Å². The van der Waals surface area contributed by atoms with Crippen LogP contribution in [0.1, 0.15) is 38.5 Å². The van der Waals surface area contributed by atoms with Crippen LogP contribution in [0.25, 0.3) is 0 Å². The first-order valence-electron chi connectivity index (χ1n) is 7.12. The number of halogens is 1. The molecule has 4 heteroatoms. The summed E-state index contributed by atoms with van der Waals surface area (Å²) in [6.07, 6.45) is 6.92. The predicted octanol–water partition coefficient (Wildman–Crippen LogP) is 2.42. The lowest BCUT2D eigenvalue weighted by Gasteiger charge is -2.39. The van der Waals surface area contributed by atoms with Crippen molar-refractivity contribution in [3.63, 3.8) is 0 Å². The largest absolute Gasteiger partial charge is 0.388 e. The molecule has 18 heavy (non-hydrogen) atoms. The SMILES string of the molecule is CN(CC1(O)CCOCC1)CC1(CBr)CCCC1. The third-order valence-corrected chi connectivity index (χ3v) is 5.73. The molecule has 0 atom stereocenters. The molecule has 1 N–H and O–H groups in total. The minimum Gasteiger partial charge on any atom is -0.388 e. The molecule has 0 spiro atoms. The van der Waals surface area contributed by atoms with Gasteiger partial charge in [0.05, 0.1) is 5.60 Å². The van der Waals surface area contributed by atoms with Crippen LogP contribution in [0.5, 0.6) is 0 Å². The molecule has 0 amide bonds. The van der Waals surface area contributed by atoms with Crippen LogP contribution < -0.4 is 0 Å². The summed E-state index contributed by atoms with van der Waals surface area (Å²) in [6.45, 7) is 3.29. The van der Waals surface area contributed by atoms with Crippen molar-refractivity contribution in [1.29, 1.82) is 0 Å². The summed E-state index contributed by atoms with van der Waals surface area (Å²) in [4.78, 5) is 2.33. The van der Waals surface area contributed by atoms with E-state index in [2.05, 4.69) is 27.9 Å². The van der Waals surface area contributed by atoms with Gasteiger partial charge in [0.25, 0.3) is 0 Å². The Balaban J connectivity index is 1.85. The molecular weight excluding hydrogens is 294 g/mol. The lowest BCUT2D eigenvalue weighted by molar-refractivity contribution is -0.0796. The van der Waals surface area contributed by atoms with E-state index >= 15 is 0 Å². The number of hydrogen-bond acceptors (Lipinski definition) is 3. The fraction of sp³-hybridized carbons (Fsp3) is 1.00. The maximum atomic E-state index is 10.5. The quantitative estimate of drug-likeness (QED) is 0.790. The lowest BCUT2D eigenvalue weighted by Crippen LogP contribution is -2.48. The molecule has 2 aliphatic rings. The molecule has 1 aliphatic carbocycles. The molecule has 106 valence electrons. The molecule has 1 heterocycles. The highest BCUT2D eigenvalue weighted by Gasteiger charge is 2.36. The molecule has 1 saturated heterocycles. The van der Waals surface area contributed by atoms with Gasteiger partial charge in [0.2, 0.25) is 0 Å². The van der Waals surface area contributed by atoms with E-state index < -0.39 is 5.60 Å². The van der Waals surface area contributed by atoms with Crippen LogP contribution in [-0.4, -0.2) is 54.3 Å². The zero-order valence-electron chi connectivity index (χ0n) is 11.5. The first-order valence-corrected chi connectivity index (χ1v) is 8.24. The number of aliphatic hydroxyl groups is 1. The molecule has 3 nitrogen and oxygen atoms in total. The predicted molar refractivity (Wildman–Crippen MR) is 77.2 cm³/mol. The van der Waals surface area contributed by atoms with Crippen molar-refractivity contribution in [1.82, 2.24) is 4.90 Å². The van der Waals surface area contributed by atoms with Gasteiger partial charge in [0.15, 0.2) is 0 Å². The van der Waals surface area contributed by atoms with E-state index in [4.69, 9.17) is 4.74 Å². The second-order valence-corrected chi connectivity index (χ2v) is 6.91. The third kappa shape index (κ3) is 3.69. The van der Waals surface area contributed by atoms with Crippen molar-refractivity contribution in [3.05, 3.63) is 0 Å². The number of likely N-dealkylation sites (N-methyl/N-ethyl adjacent to an activating group) is 1. The van der Waals surface area contributed by atoms with Gasteiger partial charge in [-0.1, -0.05) is 28.8 Å². The Labute approximate surface area is 119 Å². The molecule has 0 aromatic carbocycles. The zero-order valence-corrected chi connectivity index (χ0v) is 13.0. The van der Waals surface area contributed by atoms with Crippen LogP contribution in [0, 0.1) is 5.41 Å². The van der Waals surface area contributed by atoms with E-state index in [0.717, 1.165) is 31.3 Å². The third-order valence-electron chi connectivity index (χ3n) is 4.54. The summed E-state index contributed by atoms with van der Waals surface area (Å²) in [5, 5.41) is 11.6. The van der Waals surface area contributed by atoms with E-state index in [9.17, 15) is 5.11 Å². The molecule has 0 unspecified atom stereocenters. The maximum absolute atomic E-state index is 10.5. The fourth-order valence-electron chi connectivity index (χ4n) is 3.50. The van der Waals surface area contributed by atoms with Gasteiger partial charge in [-0.2, -0.15) is 0 Å². The summed E-state index contributed by atoms with van der Waals surface area (Å²) in [5.41, 5.74) is -0.0879. The average molecular weight is 320 g/mol. The van der Waals surface area contributed by atoms with Crippen LogP contribution in [0.2, 0.25) is 0 Å². The molecule has 0 bridgehead atoms. The van der Waals surface area contributed by atoms with Crippen LogP contribution in [-0.2, 0) is 4.74 Å². The lowest BCUT2D eigenvalue weighted by atomic mass is 9.87. The Bertz CT molecular complexity index is 261. The zero-order chi connectivity index (χ0) is 13.1. The first kappa shape index (κ1) is 14.8. The Kier molecular flexibility index (Phi) is 5.09. The summed E-state index contributed by atoms with van der Waals surface area (Å²) in [7, 11) is 2.15. The van der Waals surface area contributed by atoms with Gasteiger partial charge in [-0.15, -0.1) is 0 Å². The van der Waals surface area contributed by atoms with Crippen molar-refractivity contribution >= 4 is 15.9 Å². The number of hydrogen-bond donors (Lipinski definition) is 1. The normalized spacial score (nSPS) is 26.7. The highest BCUT2D eigenvalue weighted by atomic mass is 79.9. The molecule has 1 aliphatic heterocycles. The number of ether oxygens (including phenoxy) is 1. The minimum absolute atomic E-state index is 0.441. The smallest absolute Gasteiger partial charge is 0.0817 e. The first-order chi connectivity index (χ1) is 8.58. The second kappa shape index (κ2) is 6.21. The number of nitrogens with zero attached hydrogens (tertiary/aromatic N) is 1. The molecule has 2 rings (SSSR count). The Morgan fingerprint density at radius 3 is 2.28 bits per heavy atom. The topological polar surface area (TPSA) is 32.7 Å². The number of alkyl halides is 1. The molecule has 0 aromatic rings. The average Bonchev–Trinajstić information content (AvgIpc) is 2.78. The van der Waals surface area contributed by atoms with E-state index in [1.54, 1.807) is 0 Å². The van der Waals surface area contributed by atoms with E-state index in [-0.39, 0.29) is 0 Å². The van der Waals surface area contributed by atoms with E-state index in [1.165, 1.54) is 25.7 Å². The minimum atomic E-state index is -0.529. The molecule has 0 radical (unpaired) electrons. The van der Waals surface area contributed by atoms with Crippen molar-refractivity contribution < 1.29 is 9.84 Å². The monoisotopic (exact) mass is 319 g/mol. The van der Waals surface area contributed by atoms with Crippen LogP contribution in [0.15, 0.2) is 0 Å². The van der Waals surface area contributed by atoms with Crippen molar-refractivity contribution in [2.75, 3.05) is 38.7 Å². The Hall–Kier alpha value is 0.360. The summed E-state index contributed by atoms with van der Waals surface area (Å²) in [5.74, 6) is 0. The molecular formula is C14H26BrNO2.